The molecule has 1 saturated carbocycles. The van der Waals surface area contributed by atoms with Crippen LogP contribution in [0.4, 0.5) is 4.79 Å². The maximum absolute atomic E-state index is 12.6. The molecule has 2 aromatic rings. The van der Waals surface area contributed by atoms with E-state index in [-0.39, 0.29) is 24.5 Å². The lowest BCUT2D eigenvalue weighted by molar-refractivity contribution is -0.142. The van der Waals surface area contributed by atoms with E-state index in [0.717, 1.165) is 35.1 Å². The number of carbonyl (C=O) groups is 3. The summed E-state index contributed by atoms with van der Waals surface area (Å²) in [6, 6.07) is 14.9. The fourth-order valence-corrected chi connectivity index (χ4v) is 4.79. The first-order valence-electron chi connectivity index (χ1n) is 11.1. The standard InChI is InChI=1S/C25H28N2O5/c1-15(24(29)30)26-23(28)20-12-6-7-13-22(20)27-25(31)32-14-21-18-10-4-2-8-16(18)17-9-3-5-11-19(17)21/h2-5,8-11,15,20-22H,6-7,12-14H2,1H3,(H,26,28)(H,27,31)(H,29,30)/t15-,20+,22-/m0/s1. The number of benzene rings is 2. The Bertz CT molecular complexity index is 975. The smallest absolute Gasteiger partial charge is 0.407 e. The van der Waals surface area contributed by atoms with Crippen molar-refractivity contribution in [3.63, 3.8) is 0 Å². The number of rotatable bonds is 6. The highest BCUT2D eigenvalue weighted by Crippen LogP contribution is 2.44. The molecule has 7 nitrogen and oxygen atoms in total. The van der Waals surface area contributed by atoms with E-state index in [4.69, 9.17) is 9.84 Å². The normalized spacial score (nSPS) is 20.5. The van der Waals surface area contributed by atoms with Crippen LogP contribution in [0.5, 0.6) is 0 Å². The fraction of sp³-hybridized carbons (Fsp3) is 0.400. The van der Waals surface area contributed by atoms with Gasteiger partial charge in [-0.15, -0.1) is 0 Å². The molecule has 2 aliphatic rings. The van der Waals surface area contributed by atoms with Crippen LogP contribution in [0.15, 0.2) is 48.5 Å². The van der Waals surface area contributed by atoms with Gasteiger partial charge in [0.05, 0.1) is 5.92 Å². The molecular weight excluding hydrogens is 408 g/mol. The molecule has 7 heteroatoms. The van der Waals surface area contributed by atoms with Crippen LogP contribution in [0.3, 0.4) is 0 Å². The Labute approximate surface area is 187 Å². The number of hydrogen-bond donors (Lipinski definition) is 3. The highest BCUT2D eigenvalue weighted by atomic mass is 16.5. The van der Waals surface area contributed by atoms with Crippen LogP contribution in [-0.2, 0) is 14.3 Å². The second-order valence-corrected chi connectivity index (χ2v) is 8.54. The van der Waals surface area contributed by atoms with Gasteiger partial charge in [0, 0.05) is 12.0 Å². The number of alkyl carbamates (subject to hydrolysis) is 1. The summed E-state index contributed by atoms with van der Waals surface area (Å²) in [5, 5.41) is 14.4. The second kappa shape index (κ2) is 9.42. The minimum Gasteiger partial charge on any atom is -0.480 e. The Morgan fingerprint density at radius 1 is 1.00 bits per heavy atom. The number of carbonyl (C=O) groups excluding carboxylic acids is 2. The molecule has 3 N–H and O–H groups in total. The molecule has 0 saturated heterocycles. The molecule has 0 aliphatic heterocycles. The number of aliphatic carboxylic acids is 1. The summed E-state index contributed by atoms with van der Waals surface area (Å²) in [7, 11) is 0. The van der Waals surface area contributed by atoms with Crippen molar-refractivity contribution in [3.05, 3.63) is 59.7 Å². The van der Waals surface area contributed by atoms with Crippen LogP contribution in [0.25, 0.3) is 11.1 Å². The molecule has 0 aromatic heterocycles. The molecule has 1 fully saturated rings. The number of fused-ring (bicyclic) bond motifs is 3. The lowest BCUT2D eigenvalue weighted by atomic mass is 9.83. The summed E-state index contributed by atoms with van der Waals surface area (Å²) in [5.41, 5.74) is 4.60. The first kappa shape index (κ1) is 21.9. The van der Waals surface area contributed by atoms with Crippen molar-refractivity contribution in [2.45, 2.75) is 50.6 Å². The van der Waals surface area contributed by atoms with Gasteiger partial charge in [-0.05, 0) is 42.0 Å². The van der Waals surface area contributed by atoms with E-state index < -0.39 is 24.0 Å². The predicted octanol–water partition coefficient (Wildman–Crippen LogP) is 3.67. The minimum atomic E-state index is -1.09. The lowest BCUT2D eigenvalue weighted by Gasteiger charge is -2.31. The van der Waals surface area contributed by atoms with Gasteiger partial charge in [0.25, 0.3) is 0 Å². The van der Waals surface area contributed by atoms with Crippen LogP contribution >= 0.6 is 0 Å². The molecule has 0 heterocycles. The molecule has 32 heavy (non-hydrogen) atoms. The van der Waals surface area contributed by atoms with E-state index in [2.05, 4.69) is 34.9 Å². The van der Waals surface area contributed by atoms with E-state index in [1.54, 1.807) is 0 Å². The Kier molecular flexibility index (Phi) is 6.44. The van der Waals surface area contributed by atoms with Gasteiger partial charge in [-0.1, -0.05) is 61.4 Å². The van der Waals surface area contributed by atoms with Gasteiger partial charge in [0.1, 0.15) is 12.6 Å². The molecule has 3 atom stereocenters. The summed E-state index contributed by atoms with van der Waals surface area (Å²) in [6.45, 7) is 1.64. The topological polar surface area (TPSA) is 105 Å². The van der Waals surface area contributed by atoms with Gasteiger partial charge >= 0.3 is 12.1 Å². The predicted molar refractivity (Wildman–Crippen MR) is 119 cm³/mol. The summed E-state index contributed by atoms with van der Waals surface area (Å²) in [6.07, 6.45) is 2.47. The van der Waals surface area contributed by atoms with Gasteiger partial charge in [-0.2, -0.15) is 0 Å². The van der Waals surface area contributed by atoms with Gasteiger partial charge in [-0.25, -0.2) is 4.79 Å². The highest BCUT2D eigenvalue weighted by molar-refractivity contribution is 5.85. The molecular formula is C25H28N2O5. The largest absolute Gasteiger partial charge is 0.480 e. The van der Waals surface area contributed by atoms with Gasteiger partial charge in [-0.3, -0.25) is 9.59 Å². The zero-order chi connectivity index (χ0) is 22.7. The van der Waals surface area contributed by atoms with Gasteiger partial charge < -0.3 is 20.5 Å². The number of amides is 2. The SMILES string of the molecule is C[C@H](NC(=O)[C@@H]1CCCC[C@@H]1NC(=O)OCC1c2ccccc2-c2ccccc21)C(=O)O. The zero-order valence-corrected chi connectivity index (χ0v) is 18.0. The van der Waals surface area contributed by atoms with Crippen LogP contribution < -0.4 is 10.6 Å². The second-order valence-electron chi connectivity index (χ2n) is 8.54. The minimum absolute atomic E-state index is 0.0324. The Balaban J connectivity index is 1.39. The summed E-state index contributed by atoms with van der Waals surface area (Å²) in [4.78, 5) is 36.3. The highest BCUT2D eigenvalue weighted by Gasteiger charge is 2.34. The van der Waals surface area contributed by atoms with Gasteiger partial charge in [0.15, 0.2) is 0 Å². The van der Waals surface area contributed by atoms with E-state index >= 15 is 0 Å². The van der Waals surface area contributed by atoms with E-state index in [0.29, 0.717) is 12.8 Å². The lowest BCUT2D eigenvalue weighted by Crippen LogP contribution is -2.51. The number of carboxylic acid groups (broad SMARTS) is 1. The molecule has 168 valence electrons. The fourth-order valence-electron chi connectivity index (χ4n) is 4.79. The van der Waals surface area contributed by atoms with Crippen molar-refractivity contribution in [1.29, 1.82) is 0 Å². The first-order chi connectivity index (χ1) is 15.5. The molecule has 0 bridgehead atoms. The molecule has 4 rings (SSSR count). The van der Waals surface area contributed by atoms with E-state index in [1.165, 1.54) is 6.92 Å². The average Bonchev–Trinajstić information content (AvgIpc) is 3.11. The maximum Gasteiger partial charge on any atom is 0.407 e. The van der Waals surface area contributed by atoms with E-state index in [1.807, 2.05) is 24.3 Å². The van der Waals surface area contributed by atoms with Crippen molar-refractivity contribution in [2.75, 3.05) is 6.61 Å². The van der Waals surface area contributed by atoms with Crippen molar-refractivity contribution in [3.8, 4) is 11.1 Å². The van der Waals surface area contributed by atoms with Crippen molar-refractivity contribution < 1.29 is 24.2 Å². The van der Waals surface area contributed by atoms with Crippen molar-refractivity contribution >= 4 is 18.0 Å². The zero-order valence-electron chi connectivity index (χ0n) is 18.0. The number of carboxylic acids is 1. The van der Waals surface area contributed by atoms with Crippen molar-refractivity contribution in [2.24, 2.45) is 5.92 Å². The van der Waals surface area contributed by atoms with Crippen LogP contribution in [0.2, 0.25) is 0 Å². The molecule has 2 aliphatic carbocycles. The molecule has 2 aromatic carbocycles. The molecule has 0 spiro atoms. The van der Waals surface area contributed by atoms with Crippen LogP contribution in [-0.4, -0.2) is 41.8 Å². The monoisotopic (exact) mass is 436 g/mol. The third-order valence-corrected chi connectivity index (χ3v) is 6.48. The number of nitrogens with one attached hydrogen (secondary N) is 2. The number of ether oxygens (including phenoxy) is 1. The molecule has 2 amide bonds. The Hall–Kier alpha value is -3.35. The Morgan fingerprint density at radius 3 is 2.22 bits per heavy atom. The average molecular weight is 437 g/mol. The maximum atomic E-state index is 12.6. The summed E-state index contributed by atoms with van der Waals surface area (Å²) in [5.74, 6) is -1.93. The molecule has 0 radical (unpaired) electrons. The third kappa shape index (κ3) is 4.47. The summed E-state index contributed by atoms with van der Waals surface area (Å²) >= 11 is 0. The Morgan fingerprint density at radius 2 is 1.59 bits per heavy atom. The first-order valence-corrected chi connectivity index (χ1v) is 11.1. The molecule has 0 unspecified atom stereocenters. The third-order valence-electron chi connectivity index (χ3n) is 6.48. The van der Waals surface area contributed by atoms with E-state index in [9.17, 15) is 14.4 Å². The van der Waals surface area contributed by atoms with Crippen LogP contribution in [0.1, 0.15) is 49.7 Å². The quantitative estimate of drug-likeness (QED) is 0.641. The number of hydrogen-bond acceptors (Lipinski definition) is 4. The van der Waals surface area contributed by atoms with Gasteiger partial charge in [0.2, 0.25) is 5.91 Å². The summed E-state index contributed by atoms with van der Waals surface area (Å²) < 4.78 is 5.61. The van der Waals surface area contributed by atoms with Crippen LogP contribution in [0, 0.1) is 5.92 Å². The van der Waals surface area contributed by atoms with Crippen molar-refractivity contribution in [1.82, 2.24) is 10.6 Å².